The highest BCUT2D eigenvalue weighted by Gasteiger charge is 2.05. The van der Waals surface area contributed by atoms with Crippen LogP contribution in [0.25, 0.3) is 0 Å². The van der Waals surface area contributed by atoms with Crippen LogP contribution in [0, 0.1) is 0 Å². The highest BCUT2D eigenvalue weighted by molar-refractivity contribution is 14.0. The monoisotopic (exact) mass is 440 g/mol. The third kappa shape index (κ3) is 6.74. The lowest BCUT2D eigenvalue weighted by Crippen LogP contribution is -2.36. The van der Waals surface area contributed by atoms with Crippen LogP contribution in [0.4, 0.5) is 0 Å². The smallest absolute Gasteiger partial charge is 0.218 e. The Morgan fingerprint density at radius 2 is 1.75 bits per heavy atom. The standard InChI is InChI=1S/C18H24N4O.HI/c1-3-19-18(20-4-2)22-13-16-11-8-12-21-17(16)23-14-15-9-6-5-7-10-15;/h5-12H,3-4,13-14H2,1-2H3,(H2,19,20,22);1H. The number of hydrogen-bond acceptors (Lipinski definition) is 3. The molecule has 1 aromatic carbocycles. The van der Waals surface area contributed by atoms with Crippen LogP contribution in [-0.4, -0.2) is 24.0 Å². The van der Waals surface area contributed by atoms with Gasteiger partial charge in [-0.1, -0.05) is 36.4 Å². The molecule has 2 rings (SSSR count). The second-order valence-electron chi connectivity index (χ2n) is 4.97. The predicted octanol–water partition coefficient (Wildman–Crippen LogP) is 3.35. The van der Waals surface area contributed by atoms with E-state index in [4.69, 9.17) is 4.74 Å². The average molecular weight is 440 g/mol. The molecule has 1 heterocycles. The molecule has 0 aliphatic carbocycles. The minimum absolute atomic E-state index is 0. The number of nitrogens with one attached hydrogen (secondary N) is 2. The molecule has 0 aliphatic heterocycles. The zero-order valence-corrected chi connectivity index (χ0v) is 16.5. The van der Waals surface area contributed by atoms with Gasteiger partial charge in [-0.3, -0.25) is 0 Å². The van der Waals surface area contributed by atoms with E-state index in [0.29, 0.717) is 19.0 Å². The molecule has 1 aromatic heterocycles. The van der Waals surface area contributed by atoms with E-state index in [9.17, 15) is 0 Å². The van der Waals surface area contributed by atoms with Crippen LogP contribution in [0.15, 0.2) is 53.7 Å². The van der Waals surface area contributed by atoms with Crippen molar-refractivity contribution in [3.05, 3.63) is 59.8 Å². The summed E-state index contributed by atoms with van der Waals surface area (Å²) >= 11 is 0. The third-order valence-corrected chi connectivity index (χ3v) is 3.16. The molecule has 0 saturated heterocycles. The number of benzene rings is 1. The normalized spacial score (nSPS) is 9.58. The quantitative estimate of drug-likeness (QED) is 0.394. The van der Waals surface area contributed by atoms with E-state index in [1.54, 1.807) is 6.20 Å². The Bertz CT molecular complexity index is 611. The van der Waals surface area contributed by atoms with Gasteiger partial charge in [-0.2, -0.15) is 0 Å². The van der Waals surface area contributed by atoms with Crippen molar-refractivity contribution in [2.24, 2.45) is 4.99 Å². The van der Waals surface area contributed by atoms with Gasteiger partial charge in [-0.15, -0.1) is 24.0 Å². The third-order valence-electron chi connectivity index (χ3n) is 3.16. The SMILES string of the molecule is CCNC(=NCc1cccnc1OCc1ccccc1)NCC.I. The summed E-state index contributed by atoms with van der Waals surface area (Å²) in [6, 6.07) is 14.0. The number of nitrogens with zero attached hydrogens (tertiary/aromatic N) is 2. The van der Waals surface area contributed by atoms with Gasteiger partial charge in [-0.25, -0.2) is 9.98 Å². The van der Waals surface area contributed by atoms with Gasteiger partial charge < -0.3 is 15.4 Å². The van der Waals surface area contributed by atoms with E-state index >= 15 is 0 Å². The lowest BCUT2D eigenvalue weighted by molar-refractivity contribution is 0.290. The van der Waals surface area contributed by atoms with E-state index in [1.165, 1.54) is 0 Å². The lowest BCUT2D eigenvalue weighted by Gasteiger charge is -2.11. The number of ether oxygens (including phenoxy) is 1. The topological polar surface area (TPSA) is 58.5 Å². The highest BCUT2D eigenvalue weighted by Crippen LogP contribution is 2.17. The maximum atomic E-state index is 5.85. The Labute approximate surface area is 161 Å². The summed E-state index contributed by atoms with van der Waals surface area (Å²) < 4.78 is 5.85. The van der Waals surface area contributed by atoms with E-state index in [1.807, 2.05) is 56.3 Å². The number of pyridine rings is 1. The molecule has 5 nitrogen and oxygen atoms in total. The number of rotatable bonds is 7. The van der Waals surface area contributed by atoms with Gasteiger partial charge in [0, 0.05) is 24.8 Å². The summed E-state index contributed by atoms with van der Waals surface area (Å²) in [5.41, 5.74) is 2.09. The molecular weight excluding hydrogens is 415 g/mol. The highest BCUT2D eigenvalue weighted by atomic mass is 127. The van der Waals surface area contributed by atoms with Crippen LogP contribution < -0.4 is 15.4 Å². The summed E-state index contributed by atoms with van der Waals surface area (Å²) in [6.45, 7) is 6.78. The largest absolute Gasteiger partial charge is 0.473 e. The maximum Gasteiger partial charge on any atom is 0.218 e. The van der Waals surface area contributed by atoms with Gasteiger partial charge in [0.25, 0.3) is 0 Å². The van der Waals surface area contributed by atoms with Crippen molar-refractivity contribution in [3.8, 4) is 5.88 Å². The van der Waals surface area contributed by atoms with Crippen molar-refractivity contribution < 1.29 is 4.74 Å². The van der Waals surface area contributed by atoms with Crippen molar-refractivity contribution in [1.82, 2.24) is 15.6 Å². The molecule has 0 radical (unpaired) electrons. The summed E-state index contributed by atoms with van der Waals surface area (Å²) in [6.07, 6.45) is 1.74. The van der Waals surface area contributed by atoms with Gasteiger partial charge in [-0.05, 0) is 25.5 Å². The van der Waals surface area contributed by atoms with Gasteiger partial charge in [0.2, 0.25) is 5.88 Å². The fourth-order valence-electron chi connectivity index (χ4n) is 2.07. The molecule has 6 heteroatoms. The zero-order valence-electron chi connectivity index (χ0n) is 14.2. The molecule has 0 fully saturated rings. The Kier molecular flexibility index (Phi) is 9.83. The fraction of sp³-hybridized carbons (Fsp3) is 0.333. The zero-order chi connectivity index (χ0) is 16.3. The molecule has 24 heavy (non-hydrogen) atoms. The molecule has 2 aromatic rings. The van der Waals surface area contributed by atoms with E-state index in [2.05, 4.69) is 20.6 Å². The summed E-state index contributed by atoms with van der Waals surface area (Å²) in [5.74, 6) is 1.43. The Hall–Kier alpha value is -1.83. The minimum atomic E-state index is 0. The van der Waals surface area contributed by atoms with Crippen LogP contribution in [-0.2, 0) is 13.2 Å². The second kappa shape index (κ2) is 11.7. The molecule has 0 saturated carbocycles. The Morgan fingerprint density at radius 3 is 2.42 bits per heavy atom. The molecule has 0 atom stereocenters. The van der Waals surface area contributed by atoms with Crippen molar-refractivity contribution in [3.63, 3.8) is 0 Å². The first-order valence-electron chi connectivity index (χ1n) is 7.96. The first kappa shape index (κ1) is 20.2. The van der Waals surface area contributed by atoms with E-state index in [-0.39, 0.29) is 24.0 Å². The summed E-state index contributed by atoms with van der Waals surface area (Å²) in [5, 5.41) is 6.42. The van der Waals surface area contributed by atoms with Crippen LogP contribution >= 0.6 is 24.0 Å². The van der Waals surface area contributed by atoms with Crippen LogP contribution in [0.1, 0.15) is 25.0 Å². The molecular formula is C18H25IN4O. The Balaban J connectivity index is 0.00000288. The number of aromatic nitrogens is 1. The van der Waals surface area contributed by atoms with Gasteiger partial charge in [0.1, 0.15) is 6.61 Å². The average Bonchev–Trinajstić information content (AvgIpc) is 2.60. The number of aliphatic imine (C=N–C) groups is 1. The van der Waals surface area contributed by atoms with E-state index in [0.717, 1.165) is 30.2 Å². The first-order chi connectivity index (χ1) is 11.3. The Morgan fingerprint density at radius 1 is 1.04 bits per heavy atom. The van der Waals surface area contributed by atoms with Crippen molar-refractivity contribution in [1.29, 1.82) is 0 Å². The minimum Gasteiger partial charge on any atom is -0.473 e. The summed E-state index contributed by atoms with van der Waals surface area (Å²) in [4.78, 5) is 8.89. The second-order valence-corrected chi connectivity index (χ2v) is 4.97. The van der Waals surface area contributed by atoms with E-state index < -0.39 is 0 Å². The fourth-order valence-corrected chi connectivity index (χ4v) is 2.07. The molecule has 130 valence electrons. The number of hydrogen-bond donors (Lipinski definition) is 2. The first-order valence-corrected chi connectivity index (χ1v) is 7.96. The molecule has 0 aliphatic rings. The predicted molar refractivity (Wildman–Crippen MR) is 109 cm³/mol. The van der Waals surface area contributed by atoms with Gasteiger partial charge >= 0.3 is 0 Å². The molecule has 0 amide bonds. The van der Waals surface area contributed by atoms with Crippen molar-refractivity contribution in [2.75, 3.05) is 13.1 Å². The van der Waals surface area contributed by atoms with Crippen molar-refractivity contribution in [2.45, 2.75) is 27.0 Å². The van der Waals surface area contributed by atoms with Crippen LogP contribution in [0.3, 0.4) is 0 Å². The lowest BCUT2D eigenvalue weighted by atomic mass is 10.2. The number of halogens is 1. The van der Waals surface area contributed by atoms with Crippen molar-refractivity contribution >= 4 is 29.9 Å². The van der Waals surface area contributed by atoms with Gasteiger partial charge in [0.05, 0.1) is 6.54 Å². The maximum absolute atomic E-state index is 5.85. The summed E-state index contributed by atoms with van der Waals surface area (Å²) in [7, 11) is 0. The van der Waals surface area contributed by atoms with Crippen LogP contribution in [0.2, 0.25) is 0 Å². The molecule has 0 spiro atoms. The molecule has 0 bridgehead atoms. The van der Waals surface area contributed by atoms with Gasteiger partial charge in [0.15, 0.2) is 5.96 Å². The molecule has 0 unspecified atom stereocenters. The molecule has 2 N–H and O–H groups in total. The number of guanidine groups is 1. The van der Waals surface area contributed by atoms with Crippen LogP contribution in [0.5, 0.6) is 5.88 Å².